The third-order valence-electron chi connectivity index (χ3n) is 3.30. The number of nitrogens with zero attached hydrogens (tertiary/aromatic N) is 4. The second-order valence-electron chi connectivity index (χ2n) is 5.25. The van der Waals surface area contributed by atoms with Crippen LogP contribution in [0.3, 0.4) is 0 Å². The average molecular weight is 283 g/mol. The van der Waals surface area contributed by atoms with E-state index in [1.54, 1.807) is 4.68 Å². The van der Waals surface area contributed by atoms with E-state index in [4.69, 9.17) is 0 Å². The van der Waals surface area contributed by atoms with Crippen LogP contribution in [-0.2, 0) is 4.79 Å². The Balaban J connectivity index is 1.90. The van der Waals surface area contributed by atoms with Crippen LogP contribution in [0.2, 0.25) is 0 Å². The Bertz CT molecular complexity index is 428. The van der Waals surface area contributed by atoms with E-state index in [-0.39, 0.29) is 17.2 Å². The SMILES string of the molecule is CC(C)n1nnnc1S[C@H](C)C(=O)NC1CCCC1. The van der Waals surface area contributed by atoms with Gasteiger partial charge in [-0.3, -0.25) is 4.79 Å². The highest BCUT2D eigenvalue weighted by molar-refractivity contribution is 8.00. The van der Waals surface area contributed by atoms with Crippen LogP contribution >= 0.6 is 11.8 Å². The molecule has 0 unspecified atom stereocenters. The van der Waals surface area contributed by atoms with Gasteiger partial charge in [0.1, 0.15) is 0 Å². The molecular formula is C12H21N5OS. The van der Waals surface area contributed by atoms with Crippen LogP contribution in [-0.4, -0.2) is 37.4 Å². The van der Waals surface area contributed by atoms with Crippen molar-refractivity contribution in [3.63, 3.8) is 0 Å². The molecule has 0 aliphatic heterocycles. The van der Waals surface area contributed by atoms with Gasteiger partial charge in [-0.2, -0.15) is 0 Å². The van der Waals surface area contributed by atoms with Crippen LogP contribution in [0.25, 0.3) is 0 Å². The Morgan fingerprint density at radius 2 is 2.05 bits per heavy atom. The topological polar surface area (TPSA) is 72.7 Å². The van der Waals surface area contributed by atoms with Crippen LogP contribution in [0.15, 0.2) is 5.16 Å². The van der Waals surface area contributed by atoms with Crippen molar-refractivity contribution in [3.05, 3.63) is 0 Å². The second kappa shape index (κ2) is 6.36. The van der Waals surface area contributed by atoms with Gasteiger partial charge in [0.15, 0.2) is 0 Å². The fourth-order valence-electron chi connectivity index (χ4n) is 2.19. The number of nitrogens with one attached hydrogen (secondary N) is 1. The molecule has 19 heavy (non-hydrogen) atoms. The highest BCUT2D eigenvalue weighted by Gasteiger charge is 2.23. The van der Waals surface area contributed by atoms with E-state index in [2.05, 4.69) is 20.8 Å². The summed E-state index contributed by atoms with van der Waals surface area (Å²) in [7, 11) is 0. The molecule has 1 aromatic heterocycles. The summed E-state index contributed by atoms with van der Waals surface area (Å²) in [5.74, 6) is 0.0789. The van der Waals surface area contributed by atoms with Gasteiger partial charge >= 0.3 is 0 Å². The standard InChI is InChI=1S/C12H21N5OS/c1-8(2)17-12(14-15-16-17)19-9(3)11(18)13-10-6-4-5-7-10/h8-10H,4-7H2,1-3H3,(H,13,18)/t9-/m1/s1. The molecule has 1 amide bonds. The third-order valence-corrected chi connectivity index (χ3v) is 4.35. The summed E-state index contributed by atoms with van der Waals surface area (Å²) in [4.78, 5) is 12.1. The maximum absolute atomic E-state index is 12.1. The largest absolute Gasteiger partial charge is 0.352 e. The quantitative estimate of drug-likeness (QED) is 0.834. The first-order chi connectivity index (χ1) is 9.08. The number of hydrogen-bond donors (Lipinski definition) is 1. The van der Waals surface area contributed by atoms with Crippen molar-refractivity contribution >= 4 is 17.7 Å². The van der Waals surface area contributed by atoms with Gasteiger partial charge < -0.3 is 5.32 Å². The van der Waals surface area contributed by atoms with E-state index in [9.17, 15) is 4.79 Å². The second-order valence-corrected chi connectivity index (χ2v) is 6.56. The molecule has 1 aliphatic carbocycles. The molecule has 1 aliphatic rings. The predicted molar refractivity (Wildman–Crippen MR) is 73.9 cm³/mol. The van der Waals surface area contributed by atoms with E-state index >= 15 is 0 Å². The van der Waals surface area contributed by atoms with E-state index in [0.717, 1.165) is 12.8 Å². The van der Waals surface area contributed by atoms with Gasteiger partial charge in [0.05, 0.1) is 11.3 Å². The Hall–Kier alpha value is -1.11. The van der Waals surface area contributed by atoms with Crippen molar-refractivity contribution in [2.75, 3.05) is 0 Å². The summed E-state index contributed by atoms with van der Waals surface area (Å²) in [5.41, 5.74) is 0. The van der Waals surface area contributed by atoms with Crippen molar-refractivity contribution < 1.29 is 4.79 Å². The lowest BCUT2D eigenvalue weighted by molar-refractivity contribution is -0.120. The zero-order chi connectivity index (χ0) is 13.8. The lowest BCUT2D eigenvalue weighted by atomic mass is 10.2. The Labute approximate surface area is 117 Å². The number of rotatable bonds is 5. The summed E-state index contributed by atoms with van der Waals surface area (Å²) >= 11 is 1.41. The molecule has 1 heterocycles. The number of aromatic nitrogens is 4. The van der Waals surface area contributed by atoms with Crippen molar-refractivity contribution in [1.82, 2.24) is 25.5 Å². The molecule has 1 aromatic rings. The smallest absolute Gasteiger partial charge is 0.233 e. The third kappa shape index (κ3) is 3.68. The fraction of sp³-hybridized carbons (Fsp3) is 0.833. The molecule has 1 N–H and O–H groups in total. The highest BCUT2D eigenvalue weighted by Crippen LogP contribution is 2.24. The van der Waals surface area contributed by atoms with Crippen LogP contribution < -0.4 is 5.32 Å². The predicted octanol–water partition coefficient (Wildman–Crippen LogP) is 1.79. The van der Waals surface area contributed by atoms with E-state index < -0.39 is 0 Å². The molecule has 0 bridgehead atoms. The molecule has 0 aromatic carbocycles. The minimum atomic E-state index is -0.177. The minimum Gasteiger partial charge on any atom is -0.352 e. The maximum Gasteiger partial charge on any atom is 0.233 e. The van der Waals surface area contributed by atoms with E-state index in [1.807, 2.05) is 20.8 Å². The van der Waals surface area contributed by atoms with E-state index in [0.29, 0.717) is 11.2 Å². The van der Waals surface area contributed by atoms with Crippen molar-refractivity contribution in [3.8, 4) is 0 Å². The lowest BCUT2D eigenvalue weighted by Gasteiger charge is -2.16. The Morgan fingerprint density at radius 1 is 1.37 bits per heavy atom. The zero-order valence-electron chi connectivity index (χ0n) is 11.7. The number of thioether (sulfide) groups is 1. The molecule has 0 saturated heterocycles. The molecule has 0 spiro atoms. The van der Waals surface area contributed by atoms with Crippen LogP contribution in [0.4, 0.5) is 0 Å². The fourth-order valence-corrected chi connectivity index (χ4v) is 3.12. The van der Waals surface area contributed by atoms with Gasteiger partial charge in [0.25, 0.3) is 0 Å². The molecule has 7 heteroatoms. The Morgan fingerprint density at radius 3 is 2.68 bits per heavy atom. The Kier molecular flexibility index (Phi) is 4.79. The molecule has 2 rings (SSSR count). The molecule has 1 saturated carbocycles. The lowest BCUT2D eigenvalue weighted by Crippen LogP contribution is -2.37. The average Bonchev–Trinajstić information content (AvgIpc) is 2.99. The molecule has 106 valence electrons. The molecule has 6 nitrogen and oxygen atoms in total. The monoisotopic (exact) mass is 283 g/mol. The van der Waals surface area contributed by atoms with Gasteiger partial charge in [0, 0.05) is 6.04 Å². The van der Waals surface area contributed by atoms with Gasteiger partial charge in [-0.15, -0.1) is 5.10 Å². The maximum atomic E-state index is 12.1. The minimum absolute atomic E-state index is 0.0789. The number of carbonyl (C=O) groups is 1. The highest BCUT2D eigenvalue weighted by atomic mass is 32.2. The zero-order valence-corrected chi connectivity index (χ0v) is 12.5. The molecular weight excluding hydrogens is 262 g/mol. The molecule has 1 atom stereocenters. The van der Waals surface area contributed by atoms with Crippen molar-refractivity contribution in [1.29, 1.82) is 0 Å². The first-order valence-electron chi connectivity index (χ1n) is 6.83. The molecule has 1 fully saturated rings. The van der Waals surface area contributed by atoms with Gasteiger partial charge in [-0.05, 0) is 44.0 Å². The first kappa shape index (κ1) is 14.3. The van der Waals surface area contributed by atoms with Crippen molar-refractivity contribution in [2.45, 2.75) is 68.9 Å². The summed E-state index contributed by atoms with van der Waals surface area (Å²) in [6.07, 6.45) is 4.65. The normalized spacial score (nSPS) is 17.9. The first-order valence-corrected chi connectivity index (χ1v) is 7.70. The van der Waals surface area contributed by atoms with Gasteiger partial charge in [0.2, 0.25) is 11.1 Å². The number of amides is 1. The summed E-state index contributed by atoms with van der Waals surface area (Å²) in [5, 5.41) is 15.2. The van der Waals surface area contributed by atoms with Gasteiger partial charge in [-0.25, -0.2) is 4.68 Å². The summed E-state index contributed by atoms with van der Waals surface area (Å²) in [6.45, 7) is 5.93. The van der Waals surface area contributed by atoms with Crippen molar-refractivity contribution in [2.24, 2.45) is 0 Å². The molecule has 0 radical (unpaired) electrons. The van der Waals surface area contributed by atoms with E-state index in [1.165, 1.54) is 24.6 Å². The van der Waals surface area contributed by atoms with Gasteiger partial charge in [-0.1, -0.05) is 24.6 Å². The number of tetrazole rings is 1. The van der Waals surface area contributed by atoms with Crippen LogP contribution in [0.5, 0.6) is 0 Å². The van der Waals surface area contributed by atoms with Crippen LogP contribution in [0, 0.1) is 0 Å². The number of carbonyl (C=O) groups excluding carboxylic acids is 1. The summed E-state index contributed by atoms with van der Waals surface area (Å²) < 4.78 is 1.74. The number of hydrogen-bond acceptors (Lipinski definition) is 5. The summed E-state index contributed by atoms with van der Waals surface area (Å²) in [6, 6.07) is 0.555. The van der Waals surface area contributed by atoms with Crippen LogP contribution in [0.1, 0.15) is 52.5 Å².